The van der Waals surface area contributed by atoms with E-state index in [1.807, 2.05) is 42.6 Å². The molecule has 1 aromatic heterocycles. The van der Waals surface area contributed by atoms with Crippen molar-refractivity contribution in [2.75, 3.05) is 0 Å². The summed E-state index contributed by atoms with van der Waals surface area (Å²) >= 11 is 0. The molecule has 0 aliphatic rings. The van der Waals surface area contributed by atoms with Gasteiger partial charge in [0.05, 0.1) is 32.6 Å². The molecule has 0 atom stereocenters. The summed E-state index contributed by atoms with van der Waals surface area (Å²) < 4.78 is 0. The molecule has 0 amide bonds. The van der Waals surface area contributed by atoms with Crippen molar-refractivity contribution in [2.24, 2.45) is 0 Å². The van der Waals surface area contributed by atoms with Gasteiger partial charge in [-0.1, -0.05) is 36.4 Å². The molecule has 1 heterocycles. The molecule has 11 heteroatoms. The molecule has 0 spiro atoms. The Labute approximate surface area is 157 Å². The SMILES string of the molecule is O=[N+]([O-])c1cc([N+](=O)[O-])c(O)c([N+](=O)[O-])c1.c1ccc(-c2ccccn2)cc1. The maximum Gasteiger partial charge on any atom is 0.324 e. The van der Waals surface area contributed by atoms with Crippen LogP contribution < -0.4 is 0 Å². The smallest absolute Gasteiger partial charge is 0.324 e. The second-order valence-corrected chi connectivity index (χ2v) is 5.18. The number of rotatable bonds is 4. The zero-order valence-electron chi connectivity index (χ0n) is 14.0. The Balaban J connectivity index is 0.000000207. The summed E-state index contributed by atoms with van der Waals surface area (Å²) in [6.07, 6.45) is 1.81. The van der Waals surface area contributed by atoms with Crippen molar-refractivity contribution in [2.45, 2.75) is 0 Å². The van der Waals surface area contributed by atoms with Gasteiger partial charge in [-0.05, 0) is 12.1 Å². The Morgan fingerprint density at radius 3 is 1.71 bits per heavy atom. The first-order chi connectivity index (χ1) is 13.3. The van der Waals surface area contributed by atoms with Crippen LogP contribution in [0.1, 0.15) is 0 Å². The summed E-state index contributed by atoms with van der Waals surface area (Å²) in [6, 6.07) is 17.0. The minimum atomic E-state index is -1.21. The zero-order chi connectivity index (χ0) is 20.7. The van der Waals surface area contributed by atoms with Crippen molar-refractivity contribution in [1.82, 2.24) is 4.98 Å². The molecule has 3 rings (SSSR count). The van der Waals surface area contributed by atoms with Gasteiger partial charge >= 0.3 is 11.4 Å². The van der Waals surface area contributed by atoms with Gasteiger partial charge in [-0.3, -0.25) is 35.3 Å². The fraction of sp³-hybridized carbons (Fsp3) is 0. The van der Waals surface area contributed by atoms with Gasteiger partial charge in [0.15, 0.2) is 0 Å². The lowest BCUT2D eigenvalue weighted by atomic mass is 10.1. The first kappa shape index (κ1) is 19.9. The molecule has 142 valence electrons. The van der Waals surface area contributed by atoms with Crippen LogP contribution in [-0.4, -0.2) is 24.9 Å². The van der Waals surface area contributed by atoms with Crippen LogP contribution in [0.15, 0.2) is 66.9 Å². The predicted molar refractivity (Wildman–Crippen MR) is 97.7 cm³/mol. The summed E-state index contributed by atoms with van der Waals surface area (Å²) in [5.41, 5.74) is -0.811. The van der Waals surface area contributed by atoms with E-state index in [1.165, 1.54) is 0 Å². The van der Waals surface area contributed by atoms with Gasteiger partial charge < -0.3 is 5.11 Å². The molecule has 28 heavy (non-hydrogen) atoms. The number of aromatic nitrogens is 1. The Morgan fingerprint density at radius 2 is 1.29 bits per heavy atom. The highest BCUT2D eigenvalue weighted by Gasteiger charge is 2.30. The van der Waals surface area contributed by atoms with Crippen molar-refractivity contribution in [3.8, 4) is 17.0 Å². The van der Waals surface area contributed by atoms with E-state index >= 15 is 0 Å². The van der Waals surface area contributed by atoms with Crippen LogP contribution in [0, 0.1) is 30.3 Å². The second-order valence-electron chi connectivity index (χ2n) is 5.18. The maximum absolute atomic E-state index is 10.4. The molecular formula is C17H12N4O7. The van der Waals surface area contributed by atoms with E-state index in [2.05, 4.69) is 17.1 Å². The Kier molecular flexibility index (Phi) is 6.26. The number of pyridine rings is 1. The Hall–Kier alpha value is -4.41. The number of nitro groups is 3. The quantitative estimate of drug-likeness (QED) is 0.523. The highest BCUT2D eigenvalue weighted by Crippen LogP contribution is 2.38. The number of nitro benzene ring substituents is 3. The summed E-state index contributed by atoms with van der Waals surface area (Å²) in [6.45, 7) is 0. The largest absolute Gasteiger partial charge is 0.497 e. The van der Waals surface area contributed by atoms with Crippen molar-refractivity contribution in [3.63, 3.8) is 0 Å². The highest BCUT2D eigenvalue weighted by molar-refractivity contribution is 5.64. The lowest BCUT2D eigenvalue weighted by Crippen LogP contribution is -1.97. The van der Waals surface area contributed by atoms with Gasteiger partial charge in [-0.2, -0.15) is 0 Å². The lowest BCUT2D eigenvalue weighted by Gasteiger charge is -1.97. The number of hydrogen-bond donors (Lipinski definition) is 1. The molecule has 0 bridgehead atoms. The number of hydrogen-bond acceptors (Lipinski definition) is 8. The average Bonchev–Trinajstić information content (AvgIpc) is 2.69. The molecule has 0 radical (unpaired) electrons. The van der Waals surface area contributed by atoms with Crippen LogP contribution in [0.25, 0.3) is 11.3 Å². The third-order valence-corrected chi connectivity index (χ3v) is 3.39. The number of phenols is 1. The molecule has 11 nitrogen and oxygen atoms in total. The molecule has 0 saturated heterocycles. The number of nitrogens with zero attached hydrogens (tertiary/aromatic N) is 4. The average molecular weight is 384 g/mol. The minimum Gasteiger partial charge on any atom is -0.497 e. The summed E-state index contributed by atoms with van der Waals surface area (Å²) in [5, 5.41) is 40.2. The van der Waals surface area contributed by atoms with E-state index in [0.717, 1.165) is 11.3 Å². The molecule has 2 aromatic carbocycles. The monoisotopic (exact) mass is 384 g/mol. The van der Waals surface area contributed by atoms with Crippen LogP contribution in [0.2, 0.25) is 0 Å². The number of benzene rings is 2. The van der Waals surface area contributed by atoms with Gasteiger partial charge in [0.2, 0.25) is 0 Å². The van der Waals surface area contributed by atoms with E-state index in [9.17, 15) is 30.3 Å². The van der Waals surface area contributed by atoms with Gasteiger partial charge in [0, 0.05) is 11.8 Å². The van der Waals surface area contributed by atoms with Gasteiger partial charge in [-0.25, -0.2) is 0 Å². The van der Waals surface area contributed by atoms with Crippen molar-refractivity contribution in [1.29, 1.82) is 0 Å². The maximum atomic E-state index is 10.4. The summed E-state index contributed by atoms with van der Waals surface area (Å²) in [5.74, 6) is -1.21. The first-order valence-corrected chi connectivity index (χ1v) is 7.58. The molecule has 3 aromatic rings. The summed E-state index contributed by atoms with van der Waals surface area (Å²) in [7, 11) is 0. The topological polar surface area (TPSA) is 163 Å². The molecule has 0 saturated carbocycles. The van der Waals surface area contributed by atoms with Crippen molar-refractivity contribution in [3.05, 3.63) is 97.2 Å². The predicted octanol–water partition coefficient (Wildman–Crippen LogP) is 3.87. The van der Waals surface area contributed by atoms with E-state index < -0.39 is 37.6 Å². The van der Waals surface area contributed by atoms with Gasteiger partial charge in [0.25, 0.3) is 11.4 Å². The standard InChI is InChI=1S/C11H9N.C6H3N3O7/c1-2-6-10(7-3-1)11-8-4-5-9-12-11;10-6-4(8(13)14)1-3(7(11)12)2-5(6)9(15)16/h1-9H;1-2,10H. The van der Waals surface area contributed by atoms with Crippen LogP contribution in [0.5, 0.6) is 5.75 Å². The Bertz CT molecular complexity index is 938. The van der Waals surface area contributed by atoms with Gasteiger partial charge in [-0.15, -0.1) is 0 Å². The van der Waals surface area contributed by atoms with Crippen molar-refractivity contribution < 1.29 is 19.9 Å². The zero-order valence-corrected chi connectivity index (χ0v) is 14.0. The highest BCUT2D eigenvalue weighted by atomic mass is 16.6. The molecule has 0 aliphatic heterocycles. The lowest BCUT2D eigenvalue weighted by molar-refractivity contribution is -0.404. The first-order valence-electron chi connectivity index (χ1n) is 7.58. The van der Waals surface area contributed by atoms with Crippen LogP contribution >= 0.6 is 0 Å². The second kappa shape index (κ2) is 8.80. The number of phenolic OH excluding ortho intramolecular Hbond substituents is 1. The van der Waals surface area contributed by atoms with Crippen molar-refractivity contribution >= 4 is 17.1 Å². The molecular weight excluding hydrogens is 372 g/mol. The Morgan fingerprint density at radius 1 is 0.750 bits per heavy atom. The normalized spacial score (nSPS) is 9.71. The number of non-ortho nitro benzene ring substituents is 1. The fourth-order valence-electron chi connectivity index (χ4n) is 2.12. The molecule has 0 fully saturated rings. The van der Waals surface area contributed by atoms with E-state index in [1.54, 1.807) is 0 Å². The van der Waals surface area contributed by atoms with Crippen LogP contribution in [0.3, 0.4) is 0 Å². The summed E-state index contributed by atoms with van der Waals surface area (Å²) in [4.78, 5) is 32.0. The molecule has 0 aliphatic carbocycles. The number of aromatic hydroxyl groups is 1. The molecule has 1 N–H and O–H groups in total. The third-order valence-electron chi connectivity index (χ3n) is 3.39. The minimum absolute atomic E-state index is 0.447. The third kappa shape index (κ3) is 4.82. The van der Waals surface area contributed by atoms with E-state index in [-0.39, 0.29) is 0 Å². The van der Waals surface area contributed by atoms with Crippen LogP contribution in [-0.2, 0) is 0 Å². The van der Waals surface area contributed by atoms with E-state index in [0.29, 0.717) is 12.1 Å². The fourth-order valence-corrected chi connectivity index (χ4v) is 2.12. The molecule has 0 unspecified atom stereocenters. The van der Waals surface area contributed by atoms with Crippen LogP contribution in [0.4, 0.5) is 17.1 Å². The van der Waals surface area contributed by atoms with E-state index in [4.69, 9.17) is 5.11 Å². The van der Waals surface area contributed by atoms with Gasteiger partial charge in [0.1, 0.15) is 0 Å².